The van der Waals surface area contributed by atoms with Gasteiger partial charge >= 0.3 is 11.9 Å². The summed E-state index contributed by atoms with van der Waals surface area (Å²) in [6.07, 6.45) is 1.60. The number of hydrogen-bond donors (Lipinski definition) is 8. The van der Waals surface area contributed by atoms with Crippen LogP contribution in [0.1, 0.15) is 96.8 Å². The van der Waals surface area contributed by atoms with Crippen LogP contribution in [0, 0.1) is 17.8 Å². The molecule has 0 aliphatic rings. The summed E-state index contributed by atoms with van der Waals surface area (Å²) in [5, 5.41) is 34.4. The molecule has 68 heavy (non-hydrogen) atoms. The molecule has 366 valence electrons. The number of aromatic nitrogens is 1. The number of carbonyl (C=O) groups excluding carboxylic acids is 6. The molecule has 0 unspecified atom stereocenters. The fourth-order valence-corrected chi connectivity index (χ4v) is 8.37. The zero-order chi connectivity index (χ0) is 50.2. The number of benzene rings is 3. The molecule has 0 radical (unpaired) electrons. The fraction of sp³-hybridized carbons (Fsp3) is 0.451. The van der Waals surface area contributed by atoms with E-state index in [1.54, 1.807) is 58.2 Å². The summed E-state index contributed by atoms with van der Waals surface area (Å²) in [5.41, 5.74) is 2.90. The lowest BCUT2D eigenvalue weighted by Gasteiger charge is -2.36. The Hall–Kier alpha value is -7.04. The molecule has 4 rings (SSSR count). The molecule has 17 heteroatoms. The first kappa shape index (κ1) is 53.6. The van der Waals surface area contributed by atoms with Gasteiger partial charge in [0.25, 0.3) is 0 Å². The number of aliphatic carboxylic acids is 2. The molecular weight excluding hydrogens is 871 g/mol. The molecule has 0 saturated carbocycles. The number of carbonyl (C=O) groups is 8. The van der Waals surface area contributed by atoms with Gasteiger partial charge in [-0.05, 0) is 46.9 Å². The molecule has 4 aromatic rings. The van der Waals surface area contributed by atoms with Gasteiger partial charge in [-0.15, -0.1) is 0 Å². The third kappa shape index (κ3) is 14.5. The van der Waals surface area contributed by atoms with Gasteiger partial charge in [-0.2, -0.15) is 0 Å². The standard InChI is InChI=1S/C51H67N7O10/c1-9-30(5)43(47(63)56-40(51(67)68)26-35-28-52-37-24-18-17-23-36(35)37)57-49(65)45(31(6)10-2)58(8)50(66)39(27-41(60)61)55-46(62)38(25-29(3)4)54-48(64)44(53-32(7)59)42(33-19-13-11-14-20-33)34-21-15-12-16-22-34/h11-24,28-31,38-40,42-45,52H,9-10,25-27H2,1-8H3,(H,53,59)(H,54,64)(H,55,62)(H,56,63)(H,57,65)(H,60,61)(H,67,68)/t30-,31-,38-,39-,40-,43-,44+,45-/m0/s1. The van der Waals surface area contributed by atoms with Crippen molar-refractivity contribution >= 4 is 58.3 Å². The molecule has 1 aromatic heterocycles. The summed E-state index contributed by atoms with van der Waals surface area (Å²) >= 11 is 0. The van der Waals surface area contributed by atoms with Gasteiger partial charge in [0.1, 0.15) is 36.3 Å². The molecule has 1 heterocycles. The summed E-state index contributed by atoms with van der Waals surface area (Å²) in [4.78, 5) is 113. The highest BCUT2D eigenvalue weighted by atomic mass is 16.4. The van der Waals surface area contributed by atoms with E-state index in [1.807, 2.05) is 74.5 Å². The molecule has 6 amide bonds. The lowest BCUT2D eigenvalue weighted by Crippen LogP contribution is -2.62. The number of carboxylic acids is 2. The monoisotopic (exact) mass is 937 g/mol. The van der Waals surface area contributed by atoms with Gasteiger partial charge in [0.05, 0.1) is 6.42 Å². The number of nitrogens with one attached hydrogen (secondary N) is 6. The quantitative estimate of drug-likeness (QED) is 0.0461. The van der Waals surface area contributed by atoms with Gasteiger partial charge < -0.3 is 46.7 Å². The number of fused-ring (bicyclic) bond motifs is 1. The van der Waals surface area contributed by atoms with Crippen molar-refractivity contribution in [3.63, 3.8) is 0 Å². The number of para-hydroxylation sites is 1. The predicted molar refractivity (Wildman–Crippen MR) is 257 cm³/mol. The average molecular weight is 938 g/mol. The van der Waals surface area contributed by atoms with Crippen LogP contribution in [0.3, 0.4) is 0 Å². The third-order valence-corrected chi connectivity index (χ3v) is 12.3. The van der Waals surface area contributed by atoms with Gasteiger partial charge in [-0.25, -0.2) is 4.79 Å². The molecule has 3 aromatic carbocycles. The molecule has 17 nitrogen and oxygen atoms in total. The maximum absolute atomic E-state index is 14.4. The number of rotatable bonds is 25. The number of carboxylic acid groups (broad SMARTS) is 2. The van der Waals surface area contributed by atoms with Crippen molar-refractivity contribution in [2.45, 2.75) is 123 Å². The first-order valence-electron chi connectivity index (χ1n) is 23.1. The molecule has 0 bridgehead atoms. The lowest BCUT2D eigenvalue weighted by molar-refractivity contribution is -0.148. The van der Waals surface area contributed by atoms with E-state index in [9.17, 15) is 48.6 Å². The van der Waals surface area contributed by atoms with Crippen LogP contribution in [0.2, 0.25) is 0 Å². The largest absolute Gasteiger partial charge is 0.481 e. The molecule has 0 saturated heterocycles. The number of nitrogens with zero attached hydrogens (tertiary/aromatic N) is 1. The summed E-state index contributed by atoms with van der Waals surface area (Å²) in [7, 11) is 1.30. The molecule has 0 spiro atoms. The van der Waals surface area contributed by atoms with Crippen molar-refractivity contribution in [2.24, 2.45) is 17.8 Å². The smallest absolute Gasteiger partial charge is 0.326 e. The summed E-state index contributed by atoms with van der Waals surface area (Å²) in [6.45, 7) is 11.9. The maximum Gasteiger partial charge on any atom is 0.326 e. The van der Waals surface area contributed by atoms with Crippen molar-refractivity contribution in [3.05, 3.63) is 108 Å². The maximum atomic E-state index is 14.4. The number of amides is 6. The number of hydrogen-bond acceptors (Lipinski definition) is 8. The van der Waals surface area contributed by atoms with Crippen LogP contribution in [0.4, 0.5) is 0 Å². The van der Waals surface area contributed by atoms with Crippen molar-refractivity contribution in [2.75, 3.05) is 7.05 Å². The van der Waals surface area contributed by atoms with E-state index in [1.165, 1.54) is 14.0 Å². The third-order valence-electron chi connectivity index (χ3n) is 12.3. The molecule has 8 N–H and O–H groups in total. The van der Waals surface area contributed by atoms with Crippen molar-refractivity contribution in [1.82, 2.24) is 36.5 Å². The van der Waals surface area contributed by atoms with E-state index in [-0.39, 0.29) is 18.8 Å². The minimum Gasteiger partial charge on any atom is -0.481 e. The molecular formula is C51H67N7O10. The van der Waals surface area contributed by atoms with Crippen LogP contribution in [0.25, 0.3) is 10.9 Å². The van der Waals surface area contributed by atoms with Crippen LogP contribution in [-0.4, -0.2) is 111 Å². The van der Waals surface area contributed by atoms with Crippen LogP contribution in [0.5, 0.6) is 0 Å². The minimum atomic E-state index is -1.71. The molecule has 0 fully saturated rings. The number of likely N-dealkylation sites (N-methyl/N-ethyl adjacent to an activating group) is 1. The second-order valence-corrected chi connectivity index (χ2v) is 17.9. The van der Waals surface area contributed by atoms with Crippen molar-refractivity contribution in [3.8, 4) is 0 Å². The van der Waals surface area contributed by atoms with Gasteiger partial charge in [0, 0.05) is 43.4 Å². The fourth-order valence-electron chi connectivity index (χ4n) is 8.37. The van der Waals surface area contributed by atoms with Crippen LogP contribution >= 0.6 is 0 Å². The van der Waals surface area contributed by atoms with E-state index < -0.39 is 108 Å². The Morgan fingerprint density at radius 1 is 0.618 bits per heavy atom. The SMILES string of the molecule is CC[C@H](C)[C@H](NC(=O)[C@H]([C@@H](C)CC)N(C)C(=O)[C@H](CC(=O)O)NC(=O)[C@H](CC(C)C)NC(=O)[C@H](NC(C)=O)C(c1ccccc1)c1ccccc1)C(=O)N[C@@H](Cc1c[nH]c2ccccc12)C(=O)O. The lowest BCUT2D eigenvalue weighted by atomic mass is 9.84. The van der Waals surface area contributed by atoms with E-state index in [4.69, 9.17) is 0 Å². The van der Waals surface area contributed by atoms with E-state index in [0.29, 0.717) is 18.4 Å². The Morgan fingerprint density at radius 3 is 1.68 bits per heavy atom. The van der Waals surface area contributed by atoms with Crippen molar-refractivity contribution < 1.29 is 48.6 Å². The minimum absolute atomic E-state index is 0.0465. The first-order valence-corrected chi connectivity index (χ1v) is 23.1. The number of aromatic amines is 1. The Labute approximate surface area is 397 Å². The van der Waals surface area contributed by atoms with Gasteiger partial charge in [-0.3, -0.25) is 33.6 Å². The van der Waals surface area contributed by atoms with Gasteiger partial charge in [0.2, 0.25) is 35.4 Å². The zero-order valence-electron chi connectivity index (χ0n) is 40.1. The molecule has 0 aliphatic carbocycles. The summed E-state index contributed by atoms with van der Waals surface area (Å²) in [5.74, 6) is -9.10. The second-order valence-electron chi connectivity index (χ2n) is 17.9. The van der Waals surface area contributed by atoms with E-state index in [2.05, 4.69) is 31.6 Å². The normalized spacial score (nSPS) is 14.9. The summed E-state index contributed by atoms with van der Waals surface area (Å²) < 4.78 is 0. The first-order chi connectivity index (χ1) is 32.3. The van der Waals surface area contributed by atoms with Gasteiger partial charge in [-0.1, -0.05) is 133 Å². The van der Waals surface area contributed by atoms with E-state index in [0.717, 1.165) is 26.9 Å². The average Bonchev–Trinajstić information content (AvgIpc) is 3.71. The Morgan fingerprint density at radius 2 is 1.15 bits per heavy atom. The zero-order valence-corrected chi connectivity index (χ0v) is 40.1. The van der Waals surface area contributed by atoms with Crippen LogP contribution in [-0.2, 0) is 44.8 Å². The van der Waals surface area contributed by atoms with Crippen molar-refractivity contribution in [1.29, 1.82) is 0 Å². The Balaban J connectivity index is 1.59. The number of H-pyrrole nitrogens is 1. The van der Waals surface area contributed by atoms with E-state index >= 15 is 0 Å². The van der Waals surface area contributed by atoms with Gasteiger partial charge in [0.15, 0.2) is 0 Å². The molecule has 0 aliphatic heterocycles. The highest BCUT2D eigenvalue weighted by Gasteiger charge is 2.40. The van der Waals surface area contributed by atoms with Crippen LogP contribution in [0.15, 0.2) is 91.1 Å². The highest BCUT2D eigenvalue weighted by Crippen LogP contribution is 2.29. The van der Waals surface area contributed by atoms with Crippen LogP contribution < -0.4 is 26.6 Å². The summed E-state index contributed by atoms with van der Waals surface area (Å²) in [6, 6.07) is 17.4. The topological polar surface area (TPSA) is 256 Å². The Kier molecular flexibility index (Phi) is 19.8. The molecule has 8 atom stereocenters. The highest BCUT2D eigenvalue weighted by molar-refractivity contribution is 5.98. The second kappa shape index (κ2) is 25.2. The predicted octanol–water partition coefficient (Wildman–Crippen LogP) is 4.51. The Bertz CT molecular complexity index is 2330.